The maximum Gasteiger partial charge on any atom is 0.347 e. The Labute approximate surface area is 106 Å². The van der Waals surface area contributed by atoms with Crippen molar-refractivity contribution in [3.63, 3.8) is 0 Å². The van der Waals surface area contributed by atoms with Crippen molar-refractivity contribution in [1.29, 1.82) is 0 Å². The van der Waals surface area contributed by atoms with Crippen molar-refractivity contribution in [3.05, 3.63) is 46.4 Å². The van der Waals surface area contributed by atoms with Crippen molar-refractivity contribution in [2.75, 3.05) is 5.73 Å². The van der Waals surface area contributed by atoms with Crippen molar-refractivity contribution < 1.29 is 0 Å². The first-order chi connectivity index (χ1) is 8.60. The van der Waals surface area contributed by atoms with E-state index >= 15 is 0 Å². The molecule has 0 bridgehead atoms. The maximum atomic E-state index is 11.3. The molecule has 0 aliphatic rings. The third kappa shape index (κ3) is 2.59. The lowest BCUT2D eigenvalue weighted by molar-refractivity contribution is 0.734. The van der Waals surface area contributed by atoms with Gasteiger partial charge in [0.1, 0.15) is 5.82 Å². The number of nitrogen functional groups attached to an aromatic ring is 1. The SMILES string of the molecule is CCC(C)c1ccc(-c2cc(N)nc(=O)[nH]2)cc1. The second-order valence-corrected chi connectivity index (χ2v) is 4.46. The van der Waals surface area contributed by atoms with Crippen LogP contribution in [-0.2, 0) is 0 Å². The second kappa shape index (κ2) is 5.04. The number of benzene rings is 1. The second-order valence-electron chi connectivity index (χ2n) is 4.46. The molecule has 1 aromatic heterocycles. The van der Waals surface area contributed by atoms with E-state index in [1.165, 1.54) is 5.56 Å². The summed E-state index contributed by atoms with van der Waals surface area (Å²) in [4.78, 5) is 17.5. The van der Waals surface area contributed by atoms with E-state index in [4.69, 9.17) is 5.73 Å². The van der Waals surface area contributed by atoms with Crippen LogP contribution in [0.15, 0.2) is 35.1 Å². The van der Waals surface area contributed by atoms with Crippen molar-refractivity contribution in [2.45, 2.75) is 26.2 Å². The van der Waals surface area contributed by atoms with Gasteiger partial charge in [0.25, 0.3) is 0 Å². The Balaban J connectivity index is 2.37. The number of H-pyrrole nitrogens is 1. The lowest BCUT2D eigenvalue weighted by atomic mass is 9.97. The van der Waals surface area contributed by atoms with Crippen LogP contribution in [0.3, 0.4) is 0 Å². The minimum Gasteiger partial charge on any atom is -0.383 e. The number of aromatic amines is 1. The Bertz CT molecular complexity index is 587. The van der Waals surface area contributed by atoms with E-state index in [-0.39, 0.29) is 5.82 Å². The maximum absolute atomic E-state index is 11.3. The molecule has 0 spiro atoms. The minimum absolute atomic E-state index is 0.236. The van der Waals surface area contributed by atoms with Gasteiger partial charge >= 0.3 is 5.69 Å². The normalized spacial score (nSPS) is 12.3. The Morgan fingerprint density at radius 3 is 2.56 bits per heavy atom. The van der Waals surface area contributed by atoms with E-state index in [2.05, 4.69) is 35.9 Å². The molecular formula is C14H17N3O. The Morgan fingerprint density at radius 1 is 1.33 bits per heavy atom. The van der Waals surface area contributed by atoms with Crippen LogP contribution in [0.5, 0.6) is 0 Å². The summed E-state index contributed by atoms with van der Waals surface area (Å²) in [6.07, 6.45) is 1.11. The molecule has 4 nitrogen and oxygen atoms in total. The van der Waals surface area contributed by atoms with Gasteiger partial charge in [0.15, 0.2) is 0 Å². The van der Waals surface area contributed by atoms with Crippen LogP contribution in [0, 0.1) is 0 Å². The largest absolute Gasteiger partial charge is 0.383 e. The Hall–Kier alpha value is -2.10. The summed E-state index contributed by atoms with van der Waals surface area (Å²) < 4.78 is 0. The predicted octanol–water partition coefficient (Wildman–Crippen LogP) is 2.53. The van der Waals surface area contributed by atoms with Crippen LogP contribution >= 0.6 is 0 Å². The molecule has 0 saturated heterocycles. The molecule has 0 aliphatic carbocycles. The van der Waals surface area contributed by atoms with E-state index < -0.39 is 5.69 Å². The summed E-state index contributed by atoms with van der Waals surface area (Å²) in [5.74, 6) is 0.778. The number of hydrogen-bond donors (Lipinski definition) is 2. The summed E-state index contributed by atoms with van der Waals surface area (Å²) in [5, 5.41) is 0. The molecule has 2 aromatic rings. The molecule has 0 fully saturated rings. The molecule has 94 valence electrons. The van der Waals surface area contributed by atoms with Crippen LogP contribution in [0.2, 0.25) is 0 Å². The highest BCUT2D eigenvalue weighted by molar-refractivity contribution is 5.61. The highest BCUT2D eigenvalue weighted by atomic mass is 16.1. The predicted molar refractivity (Wildman–Crippen MR) is 73.4 cm³/mol. The first-order valence-corrected chi connectivity index (χ1v) is 6.07. The third-order valence-corrected chi connectivity index (χ3v) is 3.17. The summed E-state index contributed by atoms with van der Waals surface area (Å²) >= 11 is 0. The highest BCUT2D eigenvalue weighted by Gasteiger charge is 2.05. The fourth-order valence-electron chi connectivity index (χ4n) is 1.86. The molecule has 1 atom stereocenters. The number of nitrogens with one attached hydrogen (secondary N) is 1. The monoisotopic (exact) mass is 243 g/mol. The van der Waals surface area contributed by atoms with Crippen molar-refractivity contribution in [2.24, 2.45) is 0 Å². The van der Waals surface area contributed by atoms with Gasteiger partial charge in [-0.15, -0.1) is 0 Å². The van der Waals surface area contributed by atoms with Crippen molar-refractivity contribution >= 4 is 5.82 Å². The van der Waals surface area contributed by atoms with Gasteiger partial charge in [0.2, 0.25) is 0 Å². The molecule has 1 heterocycles. The number of nitrogens with zero attached hydrogens (tertiary/aromatic N) is 1. The van der Waals surface area contributed by atoms with Gasteiger partial charge in [0.05, 0.1) is 5.69 Å². The van der Waals surface area contributed by atoms with E-state index in [0.717, 1.165) is 12.0 Å². The summed E-state index contributed by atoms with van der Waals surface area (Å²) in [7, 11) is 0. The number of hydrogen-bond acceptors (Lipinski definition) is 3. The average Bonchev–Trinajstić information content (AvgIpc) is 2.37. The lowest BCUT2D eigenvalue weighted by Gasteiger charge is -2.09. The average molecular weight is 243 g/mol. The fraction of sp³-hybridized carbons (Fsp3) is 0.286. The highest BCUT2D eigenvalue weighted by Crippen LogP contribution is 2.22. The Kier molecular flexibility index (Phi) is 3.46. The molecule has 0 amide bonds. The first kappa shape index (κ1) is 12.4. The van der Waals surface area contributed by atoms with Crippen LogP contribution in [0.25, 0.3) is 11.3 Å². The van der Waals surface area contributed by atoms with Gasteiger partial charge in [-0.3, -0.25) is 0 Å². The van der Waals surface area contributed by atoms with Gasteiger partial charge < -0.3 is 10.7 Å². The smallest absolute Gasteiger partial charge is 0.347 e. The first-order valence-electron chi connectivity index (χ1n) is 6.07. The molecule has 0 saturated carbocycles. The molecule has 18 heavy (non-hydrogen) atoms. The van der Waals surface area contributed by atoms with Crippen LogP contribution in [-0.4, -0.2) is 9.97 Å². The number of nitrogens with two attached hydrogens (primary N) is 1. The molecule has 1 unspecified atom stereocenters. The zero-order chi connectivity index (χ0) is 13.1. The molecule has 0 radical (unpaired) electrons. The standard InChI is InChI=1S/C14H17N3O/c1-3-9(2)10-4-6-11(7-5-10)12-8-13(15)17-14(18)16-12/h4-9H,3H2,1-2H3,(H3,15,16,17,18). The fourth-order valence-corrected chi connectivity index (χ4v) is 1.86. The molecular weight excluding hydrogens is 226 g/mol. The molecule has 2 rings (SSSR count). The van der Waals surface area contributed by atoms with Crippen LogP contribution < -0.4 is 11.4 Å². The number of rotatable bonds is 3. The zero-order valence-corrected chi connectivity index (χ0v) is 10.6. The Morgan fingerprint density at radius 2 is 2.00 bits per heavy atom. The molecule has 0 aliphatic heterocycles. The summed E-state index contributed by atoms with van der Waals surface area (Å²) in [6.45, 7) is 4.36. The molecule has 3 N–H and O–H groups in total. The molecule has 1 aromatic carbocycles. The van der Waals surface area contributed by atoms with Crippen LogP contribution in [0.1, 0.15) is 31.7 Å². The quantitative estimate of drug-likeness (QED) is 0.870. The van der Waals surface area contributed by atoms with Crippen LogP contribution in [0.4, 0.5) is 5.82 Å². The minimum atomic E-state index is -0.420. The van der Waals surface area contributed by atoms with Gasteiger partial charge in [-0.25, -0.2) is 4.79 Å². The van der Waals surface area contributed by atoms with E-state index in [1.807, 2.05) is 12.1 Å². The summed E-state index contributed by atoms with van der Waals surface area (Å²) in [5.41, 5.74) is 8.08. The van der Waals surface area contributed by atoms with Gasteiger partial charge in [-0.05, 0) is 23.5 Å². The number of aromatic nitrogens is 2. The number of anilines is 1. The van der Waals surface area contributed by atoms with Crippen molar-refractivity contribution in [3.8, 4) is 11.3 Å². The topological polar surface area (TPSA) is 71.8 Å². The van der Waals surface area contributed by atoms with E-state index in [9.17, 15) is 4.79 Å². The zero-order valence-electron chi connectivity index (χ0n) is 10.6. The van der Waals surface area contributed by atoms with E-state index in [1.54, 1.807) is 6.07 Å². The summed E-state index contributed by atoms with van der Waals surface area (Å²) in [6, 6.07) is 9.81. The van der Waals surface area contributed by atoms with Gasteiger partial charge in [0, 0.05) is 6.07 Å². The van der Waals surface area contributed by atoms with Gasteiger partial charge in [-0.1, -0.05) is 38.1 Å². The van der Waals surface area contributed by atoms with Gasteiger partial charge in [-0.2, -0.15) is 4.98 Å². The lowest BCUT2D eigenvalue weighted by Crippen LogP contribution is -2.12. The van der Waals surface area contributed by atoms with Crippen molar-refractivity contribution in [1.82, 2.24) is 9.97 Å². The molecule has 4 heteroatoms. The van der Waals surface area contributed by atoms with E-state index in [0.29, 0.717) is 11.6 Å². The third-order valence-electron chi connectivity index (χ3n) is 3.17.